The van der Waals surface area contributed by atoms with Gasteiger partial charge in [-0.25, -0.2) is 0 Å². The van der Waals surface area contributed by atoms with E-state index < -0.39 is 0 Å². The normalized spacial score (nSPS) is 19.4. The van der Waals surface area contributed by atoms with Crippen molar-refractivity contribution in [1.82, 2.24) is 10.1 Å². The Balaban J connectivity index is 1.49. The van der Waals surface area contributed by atoms with Gasteiger partial charge in [0.15, 0.2) is 11.5 Å². The Bertz CT molecular complexity index is 796. The van der Waals surface area contributed by atoms with Crippen LogP contribution in [-0.4, -0.2) is 29.3 Å². The van der Waals surface area contributed by atoms with E-state index in [9.17, 15) is 4.79 Å². The molecule has 24 heavy (non-hydrogen) atoms. The molecule has 1 saturated heterocycles. The molecule has 1 atom stereocenters. The Morgan fingerprint density at radius 1 is 1.29 bits per heavy atom. The van der Waals surface area contributed by atoms with Gasteiger partial charge in [-0.15, -0.1) is 0 Å². The molecule has 1 aromatic heterocycles. The van der Waals surface area contributed by atoms with Crippen molar-refractivity contribution in [2.45, 2.75) is 25.8 Å². The Morgan fingerprint density at radius 2 is 2.17 bits per heavy atom. The highest BCUT2D eigenvalue weighted by atomic mass is 16.7. The summed E-state index contributed by atoms with van der Waals surface area (Å²) in [6.07, 6.45) is 5.28. The van der Waals surface area contributed by atoms with Crippen molar-refractivity contribution in [3.8, 4) is 11.5 Å². The van der Waals surface area contributed by atoms with Crippen molar-refractivity contribution in [3.05, 3.63) is 47.4 Å². The zero-order valence-electron chi connectivity index (χ0n) is 13.4. The molecule has 1 fully saturated rings. The van der Waals surface area contributed by atoms with Crippen LogP contribution < -0.4 is 9.47 Å². The van der Waals surface area contributed by atoms with Crippen molar-refractivity contribution in [2.75, 3.05) is 13.3 Å². The summed E-state index contributed by atoms with van der Waals surface area (Å²) in [5.41, 5.74) is 1.73. The SMILES string of the molecule is Cc1cc(C2CCCN2C(=O)/C=C/c2ccc3c(c2)OCO3)no1. The van der Waals surface area contributed by atoms with Crippen LogP contribution in [0.4, 0.5) is 0 Å². The number of carbonyl (C=O) groups excluding carboxylic acids is 1. The minimum atomic E-state index is -0.0178. The molecule has 1 aromatic carbocycles. The highest BCUT2D eigenvalue weighted by molar-refractivity contribution is 5.92. The van der Waals surface area contributed by atoms with Crippen LogP contribution in [-0.2, 0) is 4.79 Å². The van der Waals surface area contributed by atoms with E-state index in [4.69, 9.17) is 14.0 Å². The summed E-state index contributed by atoms with van der Waals surface area (Å²) in [5, 5.41) is 4.06. The van der Waals surface area contributed by atoms with Crippen LogP contribution >= 0.6 is 0 Å². The lowest BCUT2D eigenvalue weighted by Gasteiger charge is -2.21. The van der Waals surface area contributed by atoms with Crippen LogP contribution in [0, 0.1) is 6.92 Å². The van der Waals surface area contributed by atoms with Gasteiger partial charge in [0, 0.05) is 18.7 Å². The minimum Gasteiger partial charge on any atom is -0.454 e. The molecule has 0 bridgehead atoms. The van der Waals surface area contributed by atoms with Gasteiger partial charge in [-0.3, -0.25) is 4.79 Å². The highest BCUT2D eigenvalue weighted by Gasteiger charge is 2.30. The second-order valence-electron chi connectivity index (χ2n) is 6.00. The quantitative estimate of drug-likeness (QED) is 0.811. The summed E-state index contributed by atoms with van der Waals surface area (Å²) in [4.78, 5) is 14.4. The Kier molecular flexibility index (Phi) is 3.72. The molecule has 0 aliphatic carbocycles. The number of hydrogen-bond donors (Lipinski definition) is 0. The number of benzene rings is 1. The molecule has 124 valence electrons. The average Bonchev–Trinajstić information content (AvgIpc) is 3.31. The molecule has 2 aliphatic rings. The van der Waals surface area contributed by atoms with Crippen LogP contribution in [0.15, 0.2) is 34.9 Å². The smallest absolute Gasteiger partial charge is 0.247 e. The third-order valence-electron chi connectivity index (χ3n) is 4.34. The second kappa shape index (κ2) is 6.03. The van der Waals surface area contributed by atoms with Crippen molar-refractivity contribution in [3.63, 3.8) is 0 Å². The zero-order chi connectivity index (χ0) is 16.5. The van der Waals surface area contributed by atoms with Gasteiger partial charge in [0.1, 0.15) is 11.5 Å². The van der Waals surface area contributed by atoms with Crippen molar-refractivity contribution in [1.29, 1.82) is 0 Å². The maximum atomic E-state index is 12.6. The van der Waals surface area contributed by atoms with Crippen LogP contribution in [0.3, 0.4) is 0 Å². The Morgan fingerprint density at radius 3 is 3.00 bits per heavy atom. The van der Waals surface area contributed by atoms with Gasteiger partial charge in [-0.2, -0.15) is 0 Å². The lowest BCUT2D eigenvalue weighted by molar-refractivity contribution is -0.126. The van der Waals surface area contributed by atoms with Crippen LogP contribution in [0.25, 0.3) is 6.08 Å². The van der Waals surface area contributed by atoms with Crippen molar-refractivity contribution < 1.29 is 18.8 Å². The van der Waals surface area contributed by atoms with Gasteiger partial charge in [0.25, 0.3) is 0 Å². The van der Waals surface area contributed by atoms with E-state index in [2.05, 4.69) is 5.16 Å². The number of carbonyl (C=O) groups is 1. The second-order valence-corrected chi connectivity index (χ2v) is 6.00. The number of fused-ring (bicyclic) bond motifs is 1. The van der Waals surface area contributed by atoms with E-state index in [-0.39, 0.29) is 18.7 Å². The lowest BCUT2D eigenvalue weighted by Crippen LogP contribution is -2.29. The number of aryl methyl sites for hydroxylation is 1. The van der Waals surface area contributed by atoms with E-state index >= 15 is 0 Å². The summed E-state index contributed by atoms with van der Waals surface area (Å²) in [6.45, 7) is 2.84. The maximum Gasteiger partial charge on any atom is 0.247 e. The Labute approximate surface area is 139 Å². The topological polar surface area (TPSA) is 64.8 Å². The maximum absolute atomic E-state index is 12.6. The van der Waals surface area contributed by atoms with Gasteiger partial charge in [0.2, 0.25) is 12.7 Å². The molecule has 0 saturated carbocycles. The van der Waals surface area contributed by atoms with Crippen molar-refractivity contribution in [2.24, 2.45) is 0 Å². The first-order valence-electron chi connectivity index (χ1n) is 8.02. The molecule has 6 nitrogen and oxygen atoms in total. The molecule has 0 N–H and O–H groups in total. The first-order chi connectivity index (χ1) is 11.7. The van der Waals surface area contributed by atoms with E-state index in [1.807, 2.05) is 36.1 Å². The number of amides is 1. The number of nitrogens with zero attached hydrogens (tertiary/aromatic N) is 2. The van der Waals surface area contributed by atoms with Crippen LogP contribution in [0.2, 0.25) is 0 Å². The fraction of sp³-hybridized carbons (Fsp3) is 0.333. The Hall–Kier alpha value is -2.76. The molecule has 1 unspecified atom stereocenters. The summed E-state index contributed by atoms with van der Waals surface area (Å²) in [5.74, 6) is 2.19. The van der Waals surface area contributed by atoms with Crippen molar-refractivity contribution >= 4 is 12.0 Å². The van der Waals surface area contributed by atoms with Crippen LogP contribution in [0.5, 0.6) is 11.5 Å². The largest absolute Gasteiger partial charge is 0.454 e. The lowest BCUT2D eigenvalue weighted by atomic mass is 10.1. The summed E-state index contributed by atoms with van der Waals surface area (Å²) >= 11 is 0. The first kappa shape index (κ1) is 14.8. The summed E-state index contributed by atoms with van der Waals surface area (Å²) < 4.78 is 15.8. The predicted octanol–water partition coefficient (Wildman–Crippen LogP) is 3.09. The van der Waals surface area contributed by atoms with Gasteiger partial charge < -0.3 is 18.9 Å². The molecule has 1 amide bonds. The van der Waals surface area contributed by atoms with Gasteiger partial charge >= 0.3 is 0 Å². The monoisotopic (exact) mass is 326 g/mol. The van der Waals surface area contributed by atoms with Gasteiger partial charge in [-0.1, -0.05) is 11.2 Å². The summed E-state index contributed by atoms with van der Waals surface area (Å²) in [7, 11) is 0. The van der Waals surface area contributed by atoms with E-state index in [1.54, 1.807) is 12.2 Å². The molecule has 2 aromatic rings. The number of aromatic nitrogens is 1. The summed E-state index contributed by atoms with van der Waals surface area (Å²) in [6, 6.07) is 7.52. The van der Waals surface area contributed by atoms with Gasteiger partial charge in [-0.05, 0) is 43.5 Å². The molecule has 2 aliphatic heterocycles. The van der Waals surface area contributed by atoms with E-state index in [0.29, 0.717) is 5.75 Å². The fourth-order valence-electron chi connectivity index (χ4n) is 3.16. The third-order valence-corrected chi connectivity index (χ3v) is 4.34. The number of hydrogen-bond acceptors (Lipinski definition) is 5. The van der Waals surface area contributed by atoms with E-state index in [0.717, 1.165) is 42.2 Å². The zero-order valence-corrected chi connectivity index (χ0v) is 13.4. The molecule has 4 rings (SSSR count). The van der Waals surface area contributed by atoms with E-state index in [1.165, 1.54) is 0 Å². The molecule has 6 heteroatoms. The number of rotatable bonds is 3. The first-order valence-corrected chi connectivity index (χ1v) is 8.02. The third kappa shape index (κ3) is 2.75. The molecule has 3 heterocycles. The molecule has 0 spiro atoms. The molecular formula is C18H18N2O4. The predicted molar refractivity (Wildman–Crippen MR) is 86.5 cm³/mol. The number of likely N-dealkylation sites (tertiary alicyclic amines) is 1. The van der Waals surface area contributed by atoms with Gasteiger partial charge in [0.05, 0.1) is 6.04 Å². The standard InChI is InChI=1S/C18H18N2O4/c1-12-9-14(19-24-12)15-3-2-8-20(15)18(21)7-5-13-4-6-16-17(10-13)23-11-22-16/h4-7,9-10,15H,2-3,8,11H2,1H3/b7-5+. The molecular weight excluding hydrogens is 308 g/mol. The fourth-order valence-corrected chi connectivity index (χ4v) is 3.16. The average molecular weight is 326 g/mol. The van der Waals surface area contributed by atoms with Crippen LogP contribution in [0.1, 0.15) is 35.9 Å². The molecule has 0 radical (unpaired) electrons. The highest BCUT2D eigenvalue weighted by Crippen LogP contribution is 2.34. The number of ether oxygens (including phenoxy) is 2. The minimum absolute atomic E-state index is 0.00338.